The van der Waals surface area contributed by atoms with Gasteiger partial charge in [0.1, 0.15) is 0 Å². The van der Waals surface area contributed by atoms with E-state index in [9.17, 15) is 0 Å². The lowest BCUT2D eigenvalue weighted by Gasteiger charge is -2.22. The van der Waals surface area contributed by atoms with E-state index in [4.69, 9.17) is 0 Å². The minimum Gasteiger partial charge on any atom is -0.0654 e. The molecule has 0 aliphatic heterocycles. The van der Waals surface area contributed by atoms with Gasteiger partial charge in [0.2, 0.25) is 0 Å². The van der Waals surface area contributed by atoms with Gasteiger partial charge in [0.25, 0.3) is 0 Å². The SMILES string of the molecule is CCCCCCCCC([CH]C(CCC)CCCCCCCC)CC. The van der Waals surface area contributed by atoms with E-state index in [2.05, 4.69) is 34.1 Å². The van der Waals surface area contributed by atoms with Gasteiger partial charge in [-0.3, -0.25) is 0 Å². The van der Waals surface area contributed by atoms with Gasteiger partial charge in [-0.1, -0.05) is 137 Å². The molecule has 1 radical (unpaired) electrons. The van der Waals surface area contributed by atoms with Crippen molar-refractivity contribution in [2.45, 2.75) is 137 Å². The molecule has 24 heavy (non-hydrogen) atoms. The van der Waals surface area contributed by atoms with Crippen LogP contribution in [0.15, 0.2) is 0 Å². The summed E-state index contributed by atoms with van der Waals surface area (Å²) in [5.74, 6) is 1.78. The van der Waals surface area contributed by atoms with Crippen molar-refractivity contribution in [3.63, 3.8) is 0 Å². The summed E-state index contributed by atoms with van der Waals surface area (Å²) in [4.78, 5) is 0. The second-order valence-corrected chi connectivity index (χ2v) is 8.02. The van der Waals surface area contributed by atoms with Gasteiger partial charge in [-0.15, -0.1) is 0 Å². The molecule has 0 aromatic heterocycles. The maximum Gasteiger partial charge on any atom is -0.0324 e. The molecule has 0 saturated carbocycles. The number of hydrogen-bond donors (Lipinski definition) is 0. The molecule has 0 rings (SSSR count). The molecule has 0 saturated heterocycles. The van der Waals surface area contributed by atoms with Crippen LogP contribution in [-0.4, -0.2) is 0 Å². The molecular formula is C24H49. The fourth-order valence-electron chi connectivity index (χ4n) is 3.90. The minimum atomic E-state index is 0.882. The minimum absolute atomic E-state index is 0.882. The van der Waals surface area contributed by atoms with E-state index >= 15 is 0 Å². The van der Waals surface area contributed by atoms with Crippen LogP contribution < -0.4 is 0 Å². The van der Waals surface area contributed by atoms with Crippen LogP contribution in [-0.2, 0) is 0 Å². The maximum absolute atomic E-state index is 2.77. The Hall–Kier alpha value is 0. The lowest BCUT2D eigenvalue weighted by atomic mass is 9.83. The Morgan fingerprint density at radius 3 is 1.38 bits per heavy atom. The third-order valence-electron chi connectivity index (χ3n) is 5.59. The summed E-state index contributed by atoms with van der Waals surface area (Å²) in [6.07, 6.45) is 27.0. The molecule has 0 aliphatic carbocycles. The first-order chi connectivity index (χ1) is 11.8. The fourth-order valence-corrected chi connectivity index (χ4v) is 3.90. The molecule has 2 atom stereocenters. The van der Waals surface area contributed by atoms with E-state index in [1.807, 2.05) is 0 Å². The highest BCUT2D eigenvalue weighted by molar-refractivity contribution is 4.83. The first-order valence-corrected chi connectivity index (χ1v) is 11.6. The smallest absolute Gasteiger partial charge is 0.0324 e. The van der Waals surface area contributed by atoms with Gasteiger partial charge >= 0.3 is 0 Å². The number of unbranched alkanes of at least 4 members (excludes halogenated alkanes) is 10. The molecule has 0 spiro atoms. The third-order valence-corrected chi connectivity index (χ3v) is 5.59. The van der Waals surface area contributed by atoms with Crippen LogP contribution >= 0.6 is 0 Å². The van der Waals surface area contributed by atoms with Crippen LogP contribution in [0.3, 0.4) is 0 Å². The van der Waals surface area contributed by atoms with Crippen LogP contribution in [0.2, 0.25) is 0 Å². The average molecular weight is 338 g/mol. The van der Waals surface area contributed by atoms with Gasteiger partial charge < -0.3 is 0 Å². The summed E-state index contributed by atoms with van der Waals surface area (Å²) >= 11 is 0. The first kappa shape index (κ1) is 24.0. The van der Waals surface area contributed by atoms with Crippen molar-refractivity contribution in [3.05, 3.63) is 6.42 Å². The molecule has 145 valence electrons. The topological polar surface area (TPSA) is 0 Å². The number of rotatable bonds is 19. The van der Waals surface area contributed by atoms with Gasteiger partial charge in [0, 0.05) is 0 Å². The maximum atomic E-state index is 2.77. The predicted molar refractivity (Wildman–Crippen MR) is 112 cm³/mol. The number of hydrogen-bond acceptors (Lipinski definition) is 0. The second-order valence-electron chi connectivity index (χ2n) is 8.02. The molecule has 2 unspecified atom stereocenters. The van der Waals surface area contributed by atoms with Crippen molar-refractivity contribution >= 4 is 0 Å². The average Bonchev–Trinajstić information content (AvgIpc) is 2.59. The molecule has 0 aliphatic rings. The fraction of sp³-hybridized carbons (Fsp3) is 0.958. The van der Waals surface area contributed by atoms with E-state index in [-0.39, 0.29) is 0 Å². The van der Waals surface area contributed by atoms with Crippen LogP contribution in [0.5, 0.6) is 0 Å². The van der Waals surface area contributed by atoms with E-state index in [0.717, 1.165) is 11.8 Å². The summed E-state index contributed by atoms with van der Waals surface area (Å²) in [5.41, 5.74) is 0. The largest absolute Gasteiger partial charge is 0.0654 e. The highest BCUT2D eigenvalue weighted by Crippen LogP contribution is 2.27. The molecule has 0 fully saturated rings. The Bertz CT molecular complexity index is 220. The zero-order valence-corrected chi connectivity index (χ0v) is 17.8. The van der Waals surface area contributed by atoms with Crippen molar-refractivity contribution in [3.8, 4) is 0 Å². The van der Waals surface area contributed by atoms with Gasteiger partial charge in [-0.2, -0.15) is 0 Å². The molecule has 0 N–H and O–H groups in total. The molecule has 0 heterocycles. The second kappa shape index (κ2) is 19.3. The lowest BCUT2D eigenvalue weighted by Crippen LogP contribution is -2.10. The zero-order chi connectivity index (χ0) is 17.9. The Morgan fingerprint density at radius 2 is 0.917 bits per heavy atom. The van der Waals surface area contributed by atoms with Crippen LogP contribution in [0.4, 0.5) is 0 Å². The predicted octanol–water partition coefficient (Wildman–Crippen LogP) is 9.13. The Labute approximate surface area is 155 Å². The van der Waals surface area contributed by atoms with E-state index in [1.165, 1.54) is 109 Å². The van der Waals surface area contributed by atoms with Crippen LogP contribution in [0.25, 0.3) is 0 Å². The Kier molecular flexibility index (Phi) is 19.3. The van der Waals surface area contributed by atoms with Crippen LogP contribution in [0.1, 0.15) is 137 Å². The first-order valence-electron chi connectivity index (χ1n) is 11.6. The molecule has 0 nitrogen and oxygen atoms in total. The monoisotopic (exact) mass is 337 g/mol. The molecular weight excluding hydrogens is 288 g/mol. The quantitative estimate of drug-likeness (QED) is 0.206. The van der Waals surface area contributed by atoms with Crippen molar-refractivity contribution in [2.24, 2.45) is 11.8 Å². The van der Waals surface area contributed by atoms with Gasteiger partial charge in [-0.05, 0) is 18.3 Å². The van der Waals surface area contributed by atoms with Crippen molar-refractivity contribution in [1.82, 2.24) is 0 Å². The summed E-state index contributed by atoms with van der Waals surface area (Å²) < 4.78 is 0. The lowest BCUT2D eigenvalue weighted by molar-refractivity contribution is 0.387. The molecule has 0 aromatic carbocycles. The summed E-state index contributed by atoms with van der Waals surface area (Å²) in [7, 11) is 0. The van der Waals surface area contributed by atoms with Crippen LogP contribution in [0, 0.1) is 18.3 Å². The third kappa shape index (κ3) is 15.5. The molecule has 0 bridgehead atoms. The molecule has 0 amide bonds. The van der Waals surface area contributed by atoms with Gasteiger partial charge in [0.15, 0.2) is 0 Å². The Balaban J connectivity index is 3.84. The highest BCUT2D eigenvalue weighted by Gasteiger charge is 2.15. The van der Waals surface area contributed by atoms with Gasteiger partial charge in [-0.25, -0.2) is 0 Å². The van der Waals surface area contributed by atoms with E-state index in [1.54, 1.807) is 0 Å². The zero-order valence-electron chi connectivity index (χ0n) is 17.8. The molecule has 0 aromatic rings. The summed E-state index contributed by atoms with van der Waals surface area (Å²) in [6, 6.07) is 0. The Morgan fingerprint density at radius 1 is 0.458 bits per heavy atom. The van der Waals surface area contributed by atoms with Crippen molar-refractivity contribution in [1.29, 1.82) is 0 Å². The van der Waals surface area contributed by atoms with Crippen molar-refractivity contribution in [2.75, 3.05) is 0 Å². The summed E-state index contributed by atoms with van der Waals surface area (Å²) in [5, 5.41) is 0. The normalized spacial score (nSPS) is 14.0. The van der Waals surface area contributed by atoms with E-state index < -0.39 is 0 Å². The van der Waals surface area contributed by atoms with Gasteiger partial charge in [0.05, 0.1) is 0 Å². The highest BCUT2D eigenvalue weighted by atomic mass is 14.2. The molecule has 0 heteroatoms. The van der Waals surface area contributed by atoms with Crippen molar-refractivity contribution < 1.29 is 0 Å². The van der Waals surface area contributed by atoms with E-state index in [0.29, 0.717) is 0 Å². The standard InChI is InChI=1S/C24H49/c1-5-9-11-13-15-17-20-23(8-4)22-24(19-7-3)21-18-16-14-12-10-6-2/h22-24H,5-21H2,1-4H3. The summed E-state index contributed by atoms with van der Waals surface area (Å²) in [6.45, 7) is 9.36.